The Morgan fingerprint density at radius 3 is 2.33 bits per heavy atom. The Hall–Kier alpha value is -6.10. The van der Waals surface area contributed by atoms with E-state index in [1.54, 1.807) is 60.8 Å². The summed E-state index contributed by atoms with van der Waals surface area (Å²) in [5.41, 5.74) is 8.33. The van der Waals surface area contributed by atoms with Crippen LogP contribution in [0.2, 0.25) is 0 Å². The number of morpholine rings is 1. The molecule has 0 unspecified atom stereocenters. The number of amides is 3. The van der Waals surface area contributed by atoms with Gasteiger partial charge in [0.05, 0.1) is 56.3 Å². The molecule has 1 fully saturated rings. The van der Waals surface area contributed by atoms with E-state index in [0.29, 0.717) is 57.3 Å². The molecule has 318 valence electrons. The fraction of sp³-hybridized carbons (Fsp3) is 0.341. The van der Waals surface area contributed by atoms with Crippen LogP contribution < -0.4 is 40.2 Å². The molecule has 0 atom stereocenters. The summed E-state index contributed by atoms with van der Waals surface area (Å²) in [6.07, 6.45) is 4.51. The maximum absolute atomic E-state index is 13.4. The number of anilines is 5. The van der Waals surface area contributed by atoms with E-state index in [1.165, 1.54) is 19.1 Å². The number of primary amides is 1. The number of hydrogen-bond donors (Lipinski definition) is 4. The molecular formula is C44H53N7O8S. The molecule has 1 aliphatic heterocycles. The number of carbonyl (C=O) groups excluding carboxylic acids is 2. The highest BCUT2D eigenvalue weighted by Crippen LogP contribution is 2.46. The van der Waals surface area contributed by atoms with Crippen LogP contribution in [0.1, 0.15) is 49.5 Å². The lowest BCUT2D eigenvalue weighted by atomic mass is 9.86. The van der Waals surface area contributed by atoms with Gasteiger partial charge in [-0.3, -0.25) is 19.3 Å². The van der Waals surface area contributed by atoms with Gasteiger partial charge in [-0.2, -0.15) is 0 Å². The lowest BCUT2D eigenvalue weighted by Crippen LogP contribution is -2.37. The highest BCUT2D eigenvalue weighted by molar-refractivity contribution is 7.92. The van der Waals surface area contributed by atoms with Crippen molar-refractivity contribution in [1.82, 2.24) is 15.2 Å². The zero-order chi connectivity index (χ0) is 43.0. The van der Waals surface area contributed by atoms with Gasteiger partial charge in [-0.15, -0.1) is 0 Å². The first kappa shape index (κ1) is 43.5. The van der Waals surface area contributed by atoms with Crippen LogP contribution in [-0.2, 0) is 20.2 Å². The molecule has 16 heteroatoms. The number of nitrogens with zero attached hydrogens (tertiary/aromatic N) is 3. The van der Waals surface area contributed by atoms with E-state index in [1.807, 2.05) is 45.0 Å². The Morgan fingerprint density at radius 2 is 1.65 bits per heavy atom. The van der Waals surface area contributed by atoms with E-state index < -0.39 is 21.5 Å². The second kappa shape index (κ2) is 18.9. The van der Waals surface area contributed by atoms with Crippen LogP contribution in [0.3, 0.4) is 0 Å². The predicted octanol–water partition coefficient (Wildman–Crippen LogP) is 7.52. The minimum absolute atomic E-state index is 0.120. The number of methoxy groups -OCH3 is 2. The standard InChI is InChI=1S/C44H53N7O8S/c1-44(2,3)29-25-35(49-60(6,54)55)41(57-5)37(26-29)51(43(45)53)36-15-16-38(33-12-8-7-11-32(33)36)59-31-17-19-46-40(28-31)48-30-13-14-34(39(27-30)56-4)42(52)47-18-9-10-20-50-21-23-58-24-22-50/h7-8,11-17,19,25-28,49H,9-10,18,20-24H2,1-6H3,(H2,45,53)(H,46,48)(H,47,52). The van der Waals surface area contributed by atoms with Gasteiger partial charge in [-0.1, -0.05) is 45.0 Å². The van der Waals surface area contributed by atoms with Crippen LogP contribution in [0.5, 0.6) is 23.0 Å². The number of rotatable bonds is 16. The van der Waals surface area contributed by atoms with Gasteiger partial charge in [0.2, 0.25) is 10.0 Å². The van der Waals surface area contributed by atoms with Gasteiger partial charge in [0.15, 0.2) is 5.75 Å². The van der Waals surface area contributed by atoms with Crippen LogP contribution in [-0.4, -0.2) is 90.1 Å². The molecular weight excluding hydrogens is 787 g/mol. The number of unbranched alkanes of at least 4 members (excludes halogenated alkanes) is 1. The number of hydrogen-bond acceptors (Lipinski definition) is 11. The van der Waals surface area contributed by atoms with Crippen molar-refractivity contribution in [2.75, 3.05) is 74.8 Å². The minimum Gasteiger partial charge on any atom is -0.496 e. The van der Waals surface area contributed by atoms with Crippen molar-refractivity contribution in [3.05, 3.63) is 96.2 Å². The maximum atomic E-state index is 13.4. The number of nitrogens with two attached hydrogens (primary N) is 1. The maximum Gasteiger partial charge on any atom is 0.324 e. The van der Waals surface area contributed by atoms with Crippen molar-refractivity contribution >= 4 is 61.3 Å². The number of carbonyl (C=O) groups is 2. The second-order valence-electron chi connectivity index (χ2n) is 15.4. The first-order valence-corrected chi connectivity index (χ1v) is 21.5. The van der Waals surface area contributed by atoms with Gasteiger partial charge in [0.1, 0.15) is 23.1 Å². The third-order valence-corrected chi connectivity index (χ3v) is 10.6. The molecule has 0 saturated carbocycles. The summed E-state index contributed by atoms with van der Waals surface area (Å²) in [5, 5.41) is 7.57. The Kier molecular flexibility index (Phi) is 13.7. The third kappa shape index (κ3) is 10.7. The second-order valence-corrected chi connectivity index (χ2v) is 17.2. The van der Waals surface area contributed by atoms with Gasteiger partial charge in [-0.05, 0) is 72.8 Å². The Labute approximate surface area is 351 Å². The summed E-state index contributed by atoms with van der Waals surface area (Å²) in [6, 6.07) is 22.2. The van der Waals surface area contributed by atoms with Gasteiger partial charge in [0, 0.05) is 54.4 Å². The monoisotopic (exact) mass is 839 g/mol. The van der Waals surface area contributed by atoms with Crippen LogP contribution in [0.15, 0.2) is 85.1 Å². The van der Waals surface area contributed by atoms with Gasteiger partial charge >= 0.3 is 6.03 Å². The zero-order valence-electron chi connectivity index (χ0n) is 34.8. The molecule has 5 aromatic rings. The van der Waals surface area contributed by atoms with E-state index in [9.17, 15) is 18.0 Å². The zero-order valence-corrected chi connectivity index (χ0v) is 35.6. The number of aromatic nitrogens is 1. The summed E-state index contributed by atoms with van der Waals surface area (Å²) >= 11 is 0. The van der Waals surface area contributed by atoms with Crippen molar-refractivity contribution in [3.63, 3.8) is 0 Å². The summed E-state index contributed by atoms with van der Waals surface area (Å²) in [6.45, 7) is 10.9. The van der Waals surface area contributed by atoms with E-state index in [4.69, 9.17) is 24.7 Å². The topological polar surface area (TPSA) is 187 Å². The van der Waals surface area contributed by atoms with Gasteiger partial charge < -0.3 is 35.3 Å². The molecule has 0 aliphatic carbocycles. The molecule has 0 spiro atoms. The Morgan fingerprint density at radius 1 is 0.900 bits per heavy atom. The van der Waals surface area contributed by atoms with Crippen molar-refractivity contribution in [2.45, 2.75) is 39.0 Å². The number of ether oxygens (including phenoxy) is 4. The Bertz CT molecular complexity index is 2450. The number of nitrogens with one attached hydrogen (secondary N) is 3. The van der Waals surface area contributed by atoms with E-state index >= 15 is 0 Å². The molecule has 2 heterocycles. The highest BCUT2D eigenvalue weighted by atomic mass is 32.2. The van der Waals surface area contributed by atoms with Crippen molar-refractivity contribution in [2.24, 2.45) is 5.73 Å². The molecule has 1 aliphatic rings. The van der Waals surface area contributed by atoms with Crippen LogP contribution in [0.4, 0.5) is 33.4 Å². The molecule has 60 heavy (non-hydrogen) atoms. The van der Waals surface area contributed by atoms with Gasteiger partial charge in [-0.25, -0.2) is 18.2 Å². The molecule has 1 aromatic heterocycles. The fourth-order valence-electron chi connectivity index (χ4n) is 6.97. The number of benzene rings is 4. The summed E-state index contributed by atoms with van der Waals surface area (Å²) < 4.78 is 50.5. The quantitative estimate of drug-likeness (QED) is 0.0721. The SMILES string of the molecule is COc1cc(Nc2cc(Oc3ccc(N(C(N)=O)c4cc(C(C)(C)C)cc(NS(C)(=O)=O)c4OC)c4ccccc34)ccn2)ccc1C(=O)NCCCCN1CCOCC1. The van der Waals surface area contributed by atoms with E-state index in [-0.39, 0.29) is 23.0 Å². The van der Waals surface area contributed by atoms with Crippen LogP contribution in [0.25, 0.3) is 10.8 Å². The lowest BCUT2D eigenvalue weighted by molar-refractivity contribution is 0.0372. The molecule has 5 N–H and O–H groups in total. The van der Waals surface area contributed by atoms with E-state index in [0.717, 1.165) is 57.5 Å². The van der Waals surface area contributed by atoms with Crippen molar-refractivity contribution in [1.29, 1.82) is 0 Å². The predicted molar refractivity (Wildman–Crippen MR) is 235 cm³/mol. The van der Waals surface area contributed by atoms with Gasteiger partial charge in [0.25, 0.3) is 5.91 Å². The number of sulfonamides is 1. The average molecular weight is 840 g/mol. The number of fused-ring (bicyclic) bond motifs is 1. The minimum atomic E-state index is -3.72. The smallest absolute Gasteiger partial charge is 0.324 e. The lowest BCUT2D eigenvalue weighted by Gasteiger charge is -2.29. The number of pyridine rings is 1. The first-order chi connectivity index (χ1) is 28.6. The average Bonchev–Trinajstić information content (AvgIpc) is 3.21. The van der Waals surface area contributed by atoms with Crippen molar-refractivity contribution in [3.8, 4) is 23.0 Å². The number of urea groups is 1. The molecule has 1 saturated heterocycles. The molecule has 0 radical (unpaired) electrons. The van der Waals surface area contributed by atoms with E-state index in [2.05, 4.69) is 25.2 Å². The highest BCUT2D eigenvalue weighted by Gasteiger charge is 2.28. The Balaban J connectivity index is 1.22. The van der Waals surface area contributed by atoms with Crippen LogP contribution in [0, 0.1) is 0 Å². The van der Waals surface area contributed by atoms with Crippen LogP contribution >= 0.6 is 0 Å². The summed E-state index contributed by atoms with van der Waals surface area (Å²) in [4.78, 5) is 34.6. The van der Waals surface area contributed by atoms with Crippen molar-refractivity contribution < 1.29 is 37.0 Å². The molecule has 3 amide bonds. The molecule has 6 rings (SSSR count). The molecule has 0 bridgehead atoms. The fourth-order valence-corrected chi connectivity index (χ4v) is 7.52. The molecule has 4 aromatic carbocycles. The molecule has 15 nitrogen and oxygen atoms in total. The summed E-state index contributed by atoms with van der Waals surface area (Å²) in [5.74, 6) is 1.78. The largest absolute Gasteiger partial charge is 0.496 e. The third-order valence-electron chi connectivity index (χ3n) is 9.97. The normalized spacial score (nSPS) is 13.4. The first-order valence-electron chi connectivity index (χ1n) is 19.6. The summed E-state index contributed by atoms with van der Waals surface area (Å²) in [7, 11) is -0.796.